The van der Waals surface area contributed by atoms with Crippen LogP contribution in [-0.2, 0) is 0 Å². The van der Waals surface area contributed by atoms with Crippen molar-refractivity contribution < 1.29 is 15.3 Å². The summed E-state index contributed by atoms with van der Waals surface area (Å²) in [6, 6.07) is 3.84. The molecule has 0 radical (unpaired) electrons. The third kappa shape index (κ3) is 3.96. The van der Waals surface area contributed by atoms with Gasteiger partial charge >= 0.3 is 0 Å². The molecule has 0 spiro atoms. The smallest absolute Gasteiger partial charge is 0.119 e. The molecule has 0 saturated heterocycles. The lowest BCUT2D eigenvalue weighted by Gasteiger charge is -2.38. The number of phenolic OH excluding ortho intramolecular Hbond substituents is 1. The zero-order chi connectivity index (χ0) is 17.1. The molecule has 3 N–H and O–H groups in total. The number of benzene rings is 1. The van der Waals surface area contributed by atoms with E-state index in [0.717, 1.165) is 29.5 Å². The minimum atomic E-state index is -0.600. The third-order valence-corrected chi connectivity index (χ3v) is 5.12. The zero-order valence-electron chi connectivity index (χ0n) is 14.7. The maximum atomic E-state index is 10.5. The summed E-state index contributed by atoms with van der Waals surface area (Å²) in [5.74, 6) is 0.463. The molecule has 2 rings (SSSR count). The Morgan fingerprint density at radius 1 is 1.35 bits per heavy atom. The highest BCUT2D eigenvalue weighted by Gasteiger charge is 2.37. The maximum absolute atomic E-state index is 10.5. The van der Waals surface area contributed by atoms with Crippen molar-refractivity contribution in [2.24, 2.45) is 5.92 Å². The molecule has 1 aromatic rings. The summed E-state index contributed by atoms with van der Waals surface area (Å²) in [5, 5.41) is 30.5. The fourth-order valence-electron chi connectivity index (χ4n) is 3.85. The summed E-state index contributed by atoms with van der Waals surface area (Å²) in [6.07, 6.45) is 4.39. The summed E-state index contributed by atoms with van der Waals surface area (Å²) >= 11 is 0. The van der Waals surface area contributed by atoms with Gasteiger partial charge in [-0.1, -0.05) is 24.6 Å². The number of rotatable bonds is 5. The molecule has 0 bridgehead atoms. The number of hydrogen-bond donors (Lipinski definition) is 3. The monoisotopic (exact) mass is 318 g/mol. The first kappa shape index (κ1) is 18.0. The maximum Gasteiger partial charge on any atom is 0.119 e. The highest BCUT2D eigenvalue weighted by molar-refractivity contribution is 5.49. The Morgan fingerprint density at radius 2 is 2.04 bits per heavy atom. The van der Waals surface area contributed by atoms with E-state index in [1.54, 1.807) is 6.07 Å². The van der Waals surface area contributed by atoms with Crippen LogP contribution in [0.15, 0.2) is 23.8 Å². The predicted octanol–water partition coefficient (Wildman–Crippen LogP) is 4.01. The van der Waals surface area contributed by atoms with Gasteiger partial charge < -0.3 is 15.3 Å². The van der Waals surface area contributed by atoms with Crippen molar-refractivity contribution in [3.8, 4) is 5.75 Å². The third-order valence-electron chi connectivity index (χ3n) is 5.12. The normalized spacial score (nSPS) is 24.9. The molecule has 3 heteroatoms. The standard InChI is InChI=1S/C20H30O3/c1-12(2)6-5-7-14(4)15-10-18(22)17(11-21)20-16(15)8-13(3)9-19(20)23/h6,8-9,14-15,17-18,21-23H,5,7,10-11H2,1-4H3/t14-,15-,17+,18-/m0/s1. The Balaban J connectivity index is 2.34. The highest BCUT2D eigenvalue weighted by Crippen LogP contribution is 2.47. The van der Waals surface area contributed by atoms with Crippen molar-refractivity contribution in [2.75, 3.05) is 6.61 Å². The number of aryl methyl sites for hydroxylation is 1. The molecule has 1 aliphatic carbocycles. The average Bonchev–Trinajstić information content (AvgIpc) is 2.46. The van der Waals surface area contributed by atoms with Gasteiger partial charge in [-0.25, -0.2) is 0 Å². The molecule has 3 nitrogen and oxygen atoms in total. The van der Waals surface area contributed by atoms with Crippen LogP contribution in [-0.4, -0.2) is 28.0 Å². The van der Waals surface area contributed by atoms with Crippen molar-refractivity contribution in [1.82, 2.24) is 0 Å². The lowest BCUT2D eigenvalue weighted by atomic mass is 9.69. The molecule has 128 valence electrons. The molecule has 0 heterocycles. The Hall–Kier alpha value is -1.32. The summed E-state index contributed by atoms with van der Waals surface area (Å²) in [4.78, 5) is 0. The quantitative estimate of drug-likeness (QED) is 0.719. The van der Waals surface area contributed by atoms with E-state index in [0.29, 0.717) is 12.3 Å². The van der Waals surface area contributed by atoms with Gasteiger partial charge in [0, 0.05) is 11.5 Å². The van der Waals surface area contributed by atoms with Crippen LogP contribution in [0.25, 0.3) is 0 Å². The van der Waals surface area contributed by atoms with E-state index in [9.17, 15) is 15.3 Å². The molecule has 23 heavy (non-hydrogen) atoms. The molecule has 4 atom stereocenters. The molecule has 1 aliphatic rings. The van der Waals surface area contributed by atoms with Crippen LogP contribution >= 0.6 is 0 Å². The molecular weight excluding hydrogens is 288 g/mol. The lowest BCUT2D eigenvalue weighted by Crippen LogP contribution is -2.32. The number of phenols is 1. The van der Waals surface area contributed by atoms with E-state index in [4.69, 9.17) is 0 Å². The Bertz CT molecular complexity index is 572. The summed E-state index contributed by atoms with van der Waals surface area (Å²) < 4.78 is 0. The van der Waals surface area contributed by atoms with Crippen LogP contribution in [0.2, 0.25) is 0 Å². The number of fused-ring (bicyclic) bond motifs is 1. The van der Waals surface area contributed by atoms with Gasteiger partial charge in [-0.2, -0.15) is 0 Å². The van der Waals surface area contributed by atoms with Crippen molar-refractivity contribution in [3.63, 3.8) is 0 Å². The van der Waals surface area contributed by atoms with E-state index >= 15 is 0 Å². The van der Waals surface area contributed by atoms with Gasteiger partial charge in [-0.15, -0.1) is 0 Å². The molecule has 1 aromatic carbocycles. The Kier molecular flexibility index (Phi) is 5.88. The number of aliphatic hydroxyl groups excluding tert-OH is 2. The van der Waals surface area contributed by atoms with Gasteiger partial charge in [0.05, 0.1) is 12.7 Å². The van der Waals surface area contributed by atoms with Gasteiger partial charge in [0.15, 0.2) is 0 Å². The minimum Gasteiger partial charge on any atom is -0.508 e. The van der Waals surface area contributed by atoms with Crippen molar-refractivity contribution in [2.45, 2.75) is 64.9 Å². The van der Waals surface area contributed by atoms with Crippen molar-refractivity contribution >= 4 is 0 Å². The minimum absolute atomic E-state index is 0.135. The average molecular weight is 318 g/mol. The van der Waals surface area contributed by atoms with Crippen LogP contribution in [0.1, 0.15) is 68.6 Å². The van der Waals surface area contributed by atoms with Crippen molar-refractivity contribution in [3.05, 3.63) is 40.5 Å². The van der Waals surface area contributed by atoms with Crippen molar-refractivity contribution in [1.29, 1.82) is 0 Å². The molecular formula is C20H30O3. The molecule has 0 fully saturated rings. The first-order valence-electron chi connectivity index (χ1n) is 8.60. The van der Waals surface area contributed by atoms with E-state index in [1.165, 1.54) is 5.57 Å². The van der Waals surface area contributed by atoms with Gasteiger partial charge in [-0.05, 0) is 69.1 Å². The predicted molar refractivity (Wildman–Crippen MR) is 93.9 cm³/mol. The molecule has 0 amide bonds. The highest BCUT2D eigenvalue weighted by atomic mass is 16.3. The first-order valence-corrected chi connectivity index (χ1v) is 8.60. The van der Waals surface area contributed by atoms with Crippen LogP contribution in [0.3, 0.4) is 0 Å². The zero-order valence-corrected chi connectivity index (χ0v) is 14.7. The molecule has 0 unspecified atom stereocenters. The fraction of sp³-hybridized carbons (Fsp3) is 0.600. The second-order valence-electron chi connectivity index (χ2n) is 7.32. The van der Waals surface area contributed by atoms with Crippen LogP contribution in [0.4, 0.5) is 0 Å². The molecule has 0 saturated carbocycles. The Morgan fingerprint density at radius 3 is 2.65 bits per heavy atom. The topological polar surface area (TPSA) is 60.7 Å². The largest absolute Gasteiger partial charge is 0.508 e. The number of aliphatic hydroxyl groups is 2. The van der Waals surface area contributed by atoms with Crippen LogP contribution < -0.4 is 0 Å². The van der Waals surface area contributed by atoms with Gasteiger partial charge in [0.25, 0.3) is 0 Å². The summed E-state index contributed by atoms with van der Waals surface area (Å²) in [7, 11) is 0. The number of hydrogen-bond acceptors (Lipinski definition) is 3. The number of aromatic hydroxyl groups is 1. The summed E-state index contributed by atoms with van der Waals surface area (Å²) in [5.41, 5.74) is 4.21. The van der Waals surface area contributed by atoms with E-state index in [-0.39, 0.29) is 24.2 Å². The van der Waals surface area contributed by atoms with Crippen LogP contribution in [0.5, 0.6) is 5.75 Å². The summed E-state index contributed by atoms with van der Waals surface area (Å²) in [6.45, 7) is 8.28. The van der Waals surface area contributed by atoms with Gasteiger partial charge in [0.1, 0.15) is 5.75 Å². The van der Waals surface area contributed by atoms with E-state index < -0.39 is 6.10 Å². The fourth-order valence-corrected chi connectivity index (χ4v) is 3.85. The van der Waals surface area contributed by atoms with E-state index in [1.807, 2.05) is 6.92 Å². The van der Waals surface area contributed by atoms with E-state index in [2.05, 4.69) is 32.9 Å². The van der Waals surface area contributed by atoms with Crippen LogP contribution in [0, 0.1) is 12.8 Å². The van der Waals surface area contributed by atoms with Gasteiger partial charge in [-0.3, -0.25) is 0 Å². The molecule has 0 aliphatic heterocycles. The number of allylic oxidation sites excluding steroid dienone is 2. The Labute approximate surface area is 139 Å². The van der Waals surface area contributed by atoms with Gasteiger partial charge in [0.2, 0.25) is 0 Å². The second kappa shape index (κ2) is 7.50. The SMILES string of the molecule is CC(C)=CCC[C@H](C)[C@@H]1C[C@H](O)[C@@H](CO)c2c(O)cc(C)cc21. The lowest BCUT2D eigenvalue weighted by molar-refractivity contribution is 0.0747. The second-order valence-corrected chi connectivity index (χ2v) is 7.32. The molecule has 0 aromatic heterocycles. The first-order chi connectivity index (χ1) is 10.8.